The van der Waals surface area contributed by atoms with Gasteiger partial charge in [0, 0.05) is 43.7 Å². The van der Waals surface area contributed by atoms with Crippen LogP contribution in [-0.4, -0.2) is 51.3 Å². The van der Waals surface area contributed by atoms with Crippen molar-refractivity contribution in [1.29, 1.82) is 0 Å². The van der Waals surface area contributed by atoms with E-state index in [1.807, 2.05) is 12.1 Å². The number of hydrogen-bond acceptors (Lipinski definition) is 5. The lowest BCUT2D eigenvalue weighted by molar-refractivity contribution is 0.163. The van der Waals surface area contributed by atoms with Crippen molar-refractivity contribution < 1.29 is 0 Å². The second-order valence-corrected chi connectivity index (χ2v) is 7.66. The van der Waals surface area contributed by atoms with Crippen molar-refractivity contribution in [2.24, 2.45) is 0 Å². The maximum atomic E-state index is 6.16. The van der Waals surface area contributed by atoms with Crippen LogP contribution < -0.4 is 5.32 Å². The molecule has 1 fully saturated rings. The van der Waals surface area contributed by atoms with E-state index in [-0.39, 0.29) is 5.54 Å². The molecule has 0 radical (unpaired) electrons. The van der Waals surface area contributed by atoms with E-state index in [0.717, 1.165) is 43.4 Å². The summed E-state index contributed by atoms with van der Waals surface area (Å²) in [5.41, 5.74) is 1.12. The maximum absolute atomic E-state index is 6.16. The lowest BCUT2D eigenvalue weighted by Crippen LogP contribution is -2.46. The molecule has 1 atom stereocenters. The van der Waals surface area contributed by atoms with Crippen LogP contribution in [0.2, 0.25) is 5.02 Å². The van der Waals surface area contributed by atoms with Gasteiger partial charge < -0.3 is 5.32 Å². The standard InChI is InChI=1S/C17H25ClN6/c1-17(2,3)24-21-16(20-22-24)7-9-23-10-8-19-12-15(23)13-5-4-6-14(18)11-13/h4-6,11,15,19H,7-10,12H2,1-3H3. The highest BCUT2D eigenvalue weighted by molar-refractivity contribution is 6.30. The van der Waals surface area contributed by atoms with E-state index in [4.69, 9.17) is 11.6 Å². The van der Waals surface area contributed by atoms with Gasteiger partial charge in [-0.2, -0.15) is 4.80 Å². The minimum absolute atomic E-state index is 0.135. The molecule has 1 unspecified atom stereocenters. The summed E-state index contributed by atoms with van der Waals surface area (Å²) in [7, 11) is 0. The van der Waals surface area contributed by atoms with Gasteiger partial charge in [-0.05, 0) is 43.7 Å². The minimum atomic E-state index is -0.135. The second kappa shape index (κ2) is 7.17. The third-order valence-corrected chi connectivity index (χ3v) is 4.50. The maximum Gasteiger partial charge on any atom is 0.176 e. The van der Waals surface area contributed by atoms with Gasteiger partial charge in [0.25, 0.3) is 0 Å². The van der Waals surface area contributed by atoms with E-state index in [0.29, 0.717) is 6.04 Å². The molecule has 3 rings (SSSR count). The number of piperazine rings is 1. The highest BCUT2D eigenvalue weighted by Crippen LogP contribution is 2.24. The predicted octanol–water partition coefficient (Wildman–Crippen LogP) is 2.27. The number of benzene rings is 1. The molecule has 1 aromatic heterocycles. The molecule has 1 aliphatic rings. The number of rotatable bonds is 4. The van der Waals surface area contributed by atoms with Gasteiger partial charge in [0.05, 0.1) is 5.54 Å². The molecule has 0 bridgehead atoms. The molecular formula is C17H25ClN6. The van der Waals surface area contributed by atoms with Gasteiger partial charge in [0.2, 0.25) is 0 Å². The number of aromatic nitrogens is 4. The van der Waals surface area contributed by atoms with Gasteiger partial charge in [-0.3, -0.25) is 4.90 Å². The molecule has 1 aromatic carbocycles. The molecule has 1 saturated heterocycles. The Morgan fingerprint density at radius 2 is 2.17 bits per heavy atom. The number of nitrogens with zero attached hydrogens (tertiary/aromatic N) is 5. The Labute approximate surface area is 148 Å². The summed E-state index contributed by atoms with van der Waals surface area (Å²) in [6, 6.07) is 8.46. The lowest BCUT2D eigenvalue weighted by Gasteiger charge is -2.36. The lowest BCUT2D eigenvalue weighted by atomic mass is 10.0. The molecule has 0 amide bonds. The molecule has 7 heteroatoms. The zero-order chi connectivity index (χ0) is 17.2. The quantitative estimate of drug-likeness (QED) is 0.918. The Bertz CT molecular complexity index is 678. The van der Waals surface area contributed by atoms with E-state index < -0.39 is 0 Å². The summed E-state index contributed by atoms with van der Waals surface area (Å²) in [5.74, 6) is 0.799. The normalized spacial score (nSPS) is 19.6. The number of hydrogen-bond donors (Lipinski definition) is 1. The topological polar surface area (TPSA) is 58.9 Å². The third kappa shape index (κ3) is 4.12. The van der Waals surface area contributed by atoms with Crippen molar-refractivity contribution in [2.45, 2.75) is 38.8 Å². The zero-order valence-corrected chi connectivity index (χ0v) is 15.3. The third-order valence-electron chi connectivity index (χ3n) is 4.27. The van der Waals surface area contributed by atoms with E-state index >= 15 is 0 Å². The first-order chi connectivity index (χ1) is 11.4. The van der Waals surface area contributed by atoms with Gasteiger partial charge >= 0.3 is 0 Å². The number of nitrogens with one attached hydrogen (secondary N) is 1. The predicted molar refractivity (Wildman–Crippen MR) is 95.2 cm³/mol. The van der Waals surface area contributed by atoms with E-state index in [2.05, 4.69) is 58.5 Å². The first-order valence-electron chi connectivity index (χ1n) is 8.43. The van der Waals surface area contributed by atoms with Crippen LogP contribution in [0, 0.1) is 0 Å². The molecule has 1 aliphatic heterocycles. The van der Waals surface area contributed by atoms with Gasteiger partial charge in [0.15, 0.2) is 5.82 Å². The molecule has 2 aromatic rings. The van der Waals surface area contributed by atoms with E-state index in [9.17, 15) is 0 Å². The summed E-state index contributed by atoms with van der Waals surface area (Å²) in [4.78, 5) is 4.16. The summed E-state index contributed by atoms with van der Waals surface area (Å²) < 4.78 is 0. The number of tetrazole rings is 1. The Morgan fingerprint density at radius 3 is 2.88 bits per heavy atom. The zero-order valence-electron chi connectivity index (χ0n) is 14.5. The van der Waals surface area contributed by atoms with Crippen LogP contribution in [0.4, 0.5) is 0 Å². The molecule has 130 valence electrons. The summed E-state index contributed by atoms with van der Waals surface area (Å²) in [6.07, 6.45) is 0.799. The summed E-state index contributed by atoms with van der Waals surface area (Å²) >= 11 is 6.16. The highest BCUT2D eigenvalue weighted by atomic mass is 35.5. The molecule has 6 nitrogen and oxygen atoms in total. The SMILES string of the molecule is CC(C)(C)n1nnc(CCN2CCNCC2c2cccc(Cl)c2)n1. The van der Waals surface area contributed by atoms with Crippen molar-refractivity contribution in [1.82, 2.24) is 30.4 Å². The first kappa shape index (κ1) is 17.3. The fourth-order valence-electron chi connectivity index (χ4n) is 2.93. The molecule has 1 N–H and O–H groups in total. The molecular weight excluding hydrogens is 324 g/mol. The average molecular weight is 349 g/mol. The van der Waals surface area contributed by atoms with Crippen LogP contribution in [0.25, 0.3) is 0 Å². The van der Waals surface area contributed by atoms with Crippen LogP contribution in [0.15, 0.2) is 24.3 Å². The highest BCUT2D eigenvalue weighted by Gasteiger charge is 2.24. The van der Waals surface area contributed by atoms with Crippen molar-refractivity contribution in [3.05, 3.63) is 40.7 Å². The Morgan fingerprint density at radius 1 is 1.33 bits per heavy atom. The van der Waals surface area contributed by atoms with Gasteiger partial charge in [-0.25, -0.2) is 0 Å². The Balaban J connectivity index is 1.67. The Kier molecular flexibility index (Phi) is 5.18. The van der Waals surface area contributed by atoms with Crippen LogP contribution in [0.3, 0.4) is 0 Å². The minimum Gasteiger partial charge on any atom is -0.314 e. The summed E-state index contributed by atoms with van der Waals surface area (Å²) in [5, 5.41) is 17.1. The van der Waals surface area contributed by atoms with Crippen molar-refractivity contribution >= 4 is 11.6 Å². The molecule has 0 spiro atoms. The summed E-state index contributed by atoms with van der Waals surface area (Å²) in [6.45, 7) is 10.1. The fraction of sp³-hybridized carbons (Fsp3) is 0.588. The smallest absolute Gasteiger partial charge is 0.176 e. The average Bonchev–Trinajstić information content (AvgIpc) is 3.02. The molecule has 2 heterocycles. The Hall–Kier alpha value is -1.50. The van der Waals surface area contributed by atoms with E-state index in [1.54, 1.807) is 4.80 Å². The van der Waals surface area contributed by atoms with Crippen LogP contribution in [0.1, 0.15) is 38.2 Å². The van der Waals surface area contributed by atoms with Gasteiger partial charge in [-0.15, -0.1) is 10.2 Å². The first-order valence-corrected chi connectivity index (χ1v) is 8.81. The van der Waals surface area contributed by atoms with Crippen LogP contribution >= 0.6 is 11.6 Å². The van der Waals surface area contributed by atoms with Crippen molar-refractivity contribution in [3.8, 4) is 0 Å². The molecule has 24 heavy (non-hydrogen) atoms. The van der Waals surface area contributed by atoms with Gasteiger partial charge in [0.1, 0.15) is 0 Å². The van der Waals surface area contributed by atoms with Crippen LogP contribution in [-0.2, 0) is 12.0 Å². The van der Waals surface area contributed by atoms with Crippen LogP contribution in [0.5, 0.6) is 0 Å². The molecule has 0 aliphatic carbocycles. The van der Waals surface area contributed by atoms with Crippen molar-refractivity contribution in [2.75, 3.05) is 26.2 Å². The fourth-order valence-corrected chi connectivity index (χ4v) is 3.13. The van der Waals surface area contributed by atoms with Gasteiger partial charge in [-0.1, -0.05) is 23.7 Å². The van der Waals surface area contributed by atoms with Crippen molar-refractivity contribution in [3.63, 3.8) is 0 Å². The molecule has 0 saturated carbocycles. The monoisotopic (exact) mass is 348 g/mol. The largest absolute Gasteiger partial charge is 0.314 e. The number of halogens is 1. The van der Waals surface area contributed by atoms with E-state index in [1.165, 1.54) is 5.56 Å². The second-order valence-electron chi connectivity index (χ2n) is 7.23.